The number of carbonyl (C=O) groups excluding carboxylic acids is 2. The third kappa shape index (κ3) is 7.85. The molecule has 2 saturated heterocycles. The predicted molar refractivity (Wildman–Crippen MR) is 188 cm³/mol. The number of nitrogens with zero attached hydrogens (tertiary/aromatic N) is 3. The Morgan fingerprint density at radius 3 is 2.32 bits per heavy atom. The molecule has 0 spiro atoms. The molecular formula is C40H46F3N3O7. The van der Waals surface area contributed by atoms with Crippen LogP contribution in [0.15, 0.2) is 66.9 Å². The second kappa shape index (κ2) is 15.4. The maximum atomic E-state index is 15.0. The number of piperidine rings is 2. The molecule has 1 saturated carbocycles. The lowest BCUT2D eigenvalue weighted by molar-refractivity contribution is -0.163. The van der Waals surface area contributed by atoms with Gasteiger partial charge in [-0.15, -0.1) is 0 Å². The number of para-hydroxylation sites is 1. The fourth-order valence-corrected chi connectivity index (χ4v) is 8.19. The van der Waals surface area contributed by atoms with E-state index in [-0.39, 0.29) is 55.8 Å². The number of alkyl halides is 3. The Morgan fingerprint density at radius 2 is 1.68 bits per heavy atom. The van der Waals surface area contributed by atoms with Gasteiger partial charge in [0.1, 0.15) is 17.2 Å². The first-order chi connectivity index (χ1) is 25.3. The molecule has 1 aromatic heterocycles. The zero-order valence-electron chi connectivity index (χ0n) is 30.0. The second-order valence-electron chi connectivity index (χ2n) is 14.5. The Kier molecular flexibility index (Phi) is 11.0. The quantitative estimate of drug-likeness (QED) is 0.233. The Bertz CT molecular complexity index is 1790. The topological polar surface area (TPSA) is 130 Å². The highest BCUT2D eigenvalue weighted by Crippen LogP contribution is 2.43. The summed E-state index contributed by atoms with van der Waals surface area (Å²) in [6, 6.07) is 14.1. The summed E-state index contributed by atoms with van der Waals surface area (Å²) in [5.41, 5.74) is -2.35. The maximum absolute atomic E-state index is 15.0. The van der Waals surface area contributed by atoms with Crippen molar-refractivity contribution >= 4 is 17.8 Å². The lowest BCUT2D eigenvalue weighted by Crippen LogP contribution is -2.68. The van der Waals surface area contributed by atoms with Gasteiger partial charge in [0.05, 0.1) is 29.2 Å². The summed E-state index contributed by atoms with van der Waals surface area (Å²) in [6.07, 6.45) is 0.0764. The first kappa shape index (κ1) is 38.1. The number of carboxylic acids is 1. The number of carboxylic acid groups (broad SMARTS) is 1. The van der Waals surface area contributed by atoms with E-state index in [1.165, 1.54) is 18.3 Å². The molecule has 3 fully saturated rings. The summed E-state index contributed by atoms with van der Waals surface area (Å²) < 4.78 is 53.3. The standard InChI is InChI=1S/C40H46F3N3O7/c1-3-8-33-39(53-29-16-13-28(14-17-29)40(41,42)43,18-7-22-46(33)35(47)34-26(2)9-6-21-44-34)37(50)45-23-19-38(51,20-24-45)31-10-4-5-11-32(31)52-30-15-12-27(25-30)36(48)49/h4-6,9-11,13-14,16-17,21,27,30,33,51H,3,7-8,12,15,18-20,22-25H2,1-2H3,(H,48,49)/t27-,30-,33-,39+/m1/s1. The molecule has 10 nitrogen and oxygen atoms in total. The minimum atomic E-state index is -4.56. The van der Waals surface area contributed by atoms with Crippen molar-refractivity contribution in [1.29, 1.82) is 0 Å². The minimum absolute atomic E-state index is 0.0763. The van der Waals surface area contributed by atoms with Gasteiger partial charge in [0.15, 0.2) is 0 Å². The van der Waals surface area contributed by atoms with Crippen LogP contribution in [0.2, 0.25) is 0 Å². The van der Waals surface area contributed by atoms with Crippen molar-refractivity contribution in [3.05, 3.63) is 89.2 Å². The Hall–Kier alpha value is -4.65. The fourth-order valence-electron chi connectivity index (χ4n) is 8.19. The number of likely N-dealkylation sites (tertiary alicyclic amines) is 2. The number of benzene rings is 2. The molecule has 3 aliphatic rings. The molecule has 0 bridgehead atoms. The average Bonchev–Trinajstić information content (AvgIpc) is 3.61. The van der Waals surface area contributed by atoms with Crippen LogP contribution in [0.1, 0.15) is 91.9 Å². The van der Waals surface area contributed by atoms with Gasteiger partial charge in [-0.05, 0) is 93.8 Å². The summed E-state index contributed by atoms with van der Waals surface area (Å²) in [7, 11) is 0. The molecule has 0 unspecified atom stereocenters. The largest absolute Gasteiger partial charge is 0.490 e. The molecule has 1 aliphatic carbocycles. The van der Waals surface area contributed by atoms with Gasteiger partial charge in [0.25, 0.3) is 11.8 Å². The number of amides is 2. The van der Waals surface area contributed by atoms with Crippen LogP contribution < -0.4 is 9.47 Å². The highest BCUT2D eigenvalue weighted by atomic mass is 19.4. The zero-order chi connectivity index (χ0) is 38.0. The lowest BCUT2D eigenvalue weighted by atomic mass is 9.78. The second-order valence-corrected chi connectivity index (χ2v) is 14.5. The molecule has 2 N–H and O–H groups in total. The monoisotopic (exact) mass is 737 g/mol. The van der Waals surface area contributed by atoms with Crippen LogP contribution in [0, 0.1) is 12.8 Å². The first-order valence-electron chi connectivity index (χ1n) is 18.4. The Balaban J connectivity index is 1.29. The molecule has 2 aromatic carbocycles. The number of aromatic nitrogens is 1. The van der Waals surface area contributed by atoms with Gasteiger partial charge < -0.3 is 29.5 Å². The molecule has 53 heavy (non-hydrogen) atoms. The number of carbonyl (C=O) groups is 3. The van der Waals surface area contributed by atoms with E-state index in [0.717, 1.165) is 12.1 Å². The smallest absolute Gasteiger partial charge is 0.416 e. The van der Waals surface area contributed by atoms with Crippen LogP contribution in [0.3, 0.4) is 0 Å². The summed E-state index contributed by atoms with van der Waals surface area (Å²) >= 11 is 0. The van der Waals surface area contributed by atoms with E-state index in [1.807, 2.05) is 6.92 Å². The average molecular weight is 738 g/mol. The van der Waals surface area contributed by atoms with Crippen molar-refractivity contribution < 1.29 is 47.2 Å². The molecule has 2 aliphatic heterocycles. The van der Waals surface area contributed by atoms with Crippen LogP contribution in [-0.2, 0) is 21.4 Å². The van der Waals surface area contributed by atoms with Crippen LogP contribution in [0.4, 0.5) is 13.2 Å². The Morgan fingerprint density at radius 1 is 0.962 bits per heavy atom. The van der Waals surface area contributed by atoms with Gasteiger partial charge in [-0.25, -0.2) is 0 Å². The van der Waals surface area contributed by atoms with Crippen molar-refractivity contribution in [3.63, 3.8) is 0 Å². The van der Waals surface area contributed by atoms with Gasteiger partial charge in [0, 0.05) is 37.8 Å². The van der Waals surface area contributed by atoms with E-state index in [9.17, 15) is 33.0 Å². The van der Waals surface area contributed by atoms with E-state index >= 15 is 4.79 Å². The number of ether oxygens (including phenoxy) is 2. The fraction of sp³-hybridized carbons (Fsp3) is 0.500. The normalized spacial score (nSPS) is 24.5. The molecule has 3 aromatic rings. The van der Waals surface area contributed by atoms with Crippen LogP contribution in [0.25, 0.3) is 0 Å². The van der Waals surface area contributed by atoms with E-state index in [4.69, 9.17) is 9.47 Å². The molecule has 284 valence electrons. The first-order valence-corrected chi connectivity index (χ1v) is 18.4. The number of aliphatic hydroxyl groups is 1. The third-order valence-corrected chi connectivity index (χ3v) is 11.0. The van der Waals surface area contributed by atoms with E-state index in [2.05, 4.69) is 4.98 Å². The number of aryl methyl sites for hydroxylation is 1. The molecule has 6 rings (SSSR count). The van der Waals surface area contributed by atoms with Crippen molar-refractivity contribution in [2.75, 3.05) is 19.6 Å². The number of pyridine rings is 1. The van der Waals surface area contributed by atoms with Crippen molar-refractivity contribution in [3.8, 4) is 11.5 Å². The summed E-state index contributed by atoms with van der Waals surface area (Å²) in [4.78, 5) is 48.3. The van der Waals surface area contributed by atoms with Crippen LogP contribution in [-0.4, -0.2) is 80.2 Å². The van der Waals surface area contributed by atoms with E-state index < -0.39 is 46.8 Å². The molecule has 4 atom stereocenters. The summed E-state index contributed by atoms with van der Waals surface area (Å²) in [5.74, 6) is -1.52. The lowest BCUT2D eigenvalue weighted by Gasteiger charge is -2.51. The number of hydrogen-bond donors (Lipinski definition) is 2. The van der Waals surface area contributed by atoms with Gasteiger partial charge in [-0.2, -0.15) is 13.2 Å². The highest BCUT2D eigenvalue weighted by Gasteiger charge is 2.56. The zero-order valence-corrected chi connectivity index (χ0v) is 30.0. The summed E-state index contributed by atoms with van der Waals surface area (Å²) in [6.45, 7) is 4.34. The number of hydrogen-bond acceptors (Lipinski definition) is 7. The Labute approximate surface area is 306 Å². The predicted octanol–water partition coefficient (Wildman–Crippen LogP) is 6.77. The van der Waals surface area contributed by atoms with Gasteiger partial charge >= 0.3 is 12.1 Å². The van der Waals surface area contributed by atoms with Crippen molar-refractivity contribution in [1.82, 2.24) is 14.8 Å². The van der Waals surface area contributed by atoms with E-state index in [0.29, 0.717) is 61.9 Å². The third-order valence-electron chi connectivity index (χ3n) is 11.0. The van der Waals surface area contributed by atoms with Crippen molar-refractivity contribution in [2.24, 2.45) is 5.92 Å². The molecule has 3 heterocycles. The molecule has 0 radical (unpaired) electrons. The highest BCUT2D eigenvalue weighted by molar-refractivity contribution is 5.95. The van der Waals surface area contributed by atoms with Gasteiger partial charge in [-0.3, -0.25) is 19.4 Å². The number of halogens is 3. The van der Waals surface area contributed by atoms with Crippen molar-refractivity contribution in [2.45, 2.75) is 101 Å². The molecule has 13 heteroatoms. The van der Waals surface area contributed by atoms with Crippen LogP contribution in [0.5, 0.6) is 11.5 Å². The van der Waals surface area contributed by atoms with Gasteiger partial charge in [0.2, 0.25) is 5.60 Å². The maximum Gasteiger partial charge on any atom is 0.416 e. The number of aliphatic carboxylic acids is 1. The molecule has 2 amide bonds. The minimum Gasteiger partial charge on any atom is -0.490 e. The van der Waals surface area contributed by atoms with Crippen LogP contribution >= 0.6 is 0 Å². The van der Waals surface area contributed by atoms with Gasteiger partial charge in [-0.1, -0.05) is 37.6 Å². The van der Waals surface area contributed by atoms with E-state index in [1.54, 1.807) is 53.1 Å². The SMILES string of the molecule is CCC[C@H]1N(C(=O)c2ncccc2C)CCC[C@@]1(Oc1ccc(C(F)(F)F)cc1)C(=O)N1CCC(O)(c2ccccc2O[C@@H]2CC[C@@H](C(=O)O)C2)CC1. The number of rotatable bonds is 10. The summed E-state index contributed by atoms with van der Waals surface area (Å²) in [5, 5.41) is 21.5. The molecular weight excluding hydrogens is 691 g/mol.